The largest absolute Gasteiger partial charge is 0.631 e. The second-order valence-electron chi connectivity index (χ2n) is 8.53. The maximum absolute atomic E-state index is 7.17. The van der Waals surface area contributed by atoms with Gasteiger partial charge in [0.1, 0.15) is 0 Å². The predicted molar refractivity (Wildman–Crippen MR) is 183 cm³/mol. The van der Waals surface area contributed by atoms with Crippen molar-refractivity contribution in [2.45, 2.75) is 29.4 Å². The standard InChI is InChI=1S/3C12H10S.BH3O3/c3*1-3-7-11(8-4-1)13-12-9-5-2-6-10-12;2-1(3)4/h3*1-10H;2-4H. The third-order valence-electron chi connectivity index (χ3n) is 5.17. The number of rotatable bonds is 6. The van der Waals surface area contributed by atoms with Gasteiger partial charge in [-0.05, 0) is 72.8 Å². The van der Waals surface area contributed by atoms with E-state index >= 15 is 0 Å². The fraction of sp³-hybridized carbons (Fsp3) is 0. The van der Waals surface area contributed by atoms with Gasteiger partial charge in [-0.1, -0.05) is 144 Å². The molecule has 0 aliphatic heterocycles. The Morgan fingerprint density at radius 2 is 0.372 bits per heavy atom. The molecule has 0 bridgehead atoms. The van der Waals surface area contributed by atoms with E-state index in [9.17, 15) is 0 Å². The fourth-order valence-corrected chi connectivity index (χ4v) is 5.92. The lowest BCUT2D eigenvalue weighted by Gasteiger charge is -1.99. The topological polar surface area (TPSA) is 60.7 Å². The Morgan fingerprint density at radius 1 is 0.256 bits per heavy atom. The van der Waals surface area contributed by atoms with Crippen molar-refractivity contribution in [1.82, 2.24) is 0 Å². The Morgan fingerprint density at radius 3 is 0.488 bits per heavy atom. The minimum Gasteiger partial charge on any atom is -0.402 e. The minimum atomic E-state index is -2.17. The van der Waals surface area contributed by atoms with Gasteiger partial charge in [-0.15, -0.1) is 0 Å². The van der Waals surface area contributed by atoms with Gasteiger partial charge in [0.25, 0.3) is 0 Å². The molecule has 6 aromatic rings. The third-order valence-corrected chi connectivity index (χ3v) is 8.21. The van der Waals surface area contributed by atoms with Crippen LogP contribution in [0.1, 0.15) is 0 Å². The molecule has 7 heteroatoms. The molecule has 6 rings (SSSR count). The van der Waals surface area contributed by atoms with Crippen LogP contribution in [0.5, 0.6) is 0 Å². The Hall–Kier alpha value is -3.69. The Kier molecular flexibility index (Phi) is 16.6. The summed E-state index contributed by atoms with van der Waals surface area (Å²) in [6.07, 6.45) is 0. The average Bonchev–Trinajstić information content (AvgIpc) is 3.05. The highest BCUT2D eigenvalue weighted by atomic mass is 32.2. The second-order valence-corrected chi connectivity index (χ2v) is 12.0. The first-order chi connectivity index (χ1) is 21.1. The molecule has 43 heavy (non-hydrogen) atoms. The molecule has 0 heterocycles. The highest BCUT2D eigenvalue weighted by molar-refractivity contribution is 7.99. The van der Waals surface area contributed by atoms with Gasteiger partial charge in [-0.25, -0.2) is 0 Å². The fourth-order valence-electron chi connectivity index (χ4n) is 3.34. The summed E-state index contributed by atoms with van der Waals surface area (Å²) in [4.78, 5) is 7.72. The van der Waals surface area contributed by atoms with Crippen LogP contribution in [-0.4, -0.2) is 22.4 Å². The normalized spacial score (nSPS) is 9.56. The summed E-state index contributed by atoms with van der Waals surface area (Å²) in [5.74, 6) is 0. The predicted octanol–water partition coefficient (Wildman–Crippen LogP) is 9.46. The molecule has 0 spiro atoms. The lowest BCUT2D eigenvalue weighted by Crippen LogP contribution is -2.07. The van der Waals surface area contributed by atoms with Crippen molar-refractivity contribution in [3.63, 3.8) is 0 Å². The van der Waals surface area contributed by atoms with E-state index in [0.717, 1.165) is 0 Å². The molecule has 0 amide bonds. The van der Waals surface area contributed by atoms with Crippen LogP contribution in [0.25, 0.3) is 0 Å². The van der Waals surface area contributed by atoms with Crippen molar-refractivity contribution in [2.24, 2.45) is 0 Å². The molecule has 3 nitrogen and oxygen atoms in total. The van der Waals surface area contributed by atoms with E-state index in [-0.39, 0.29) is 0 Å². The summed E-state index contributed by atoms with van der Waals surface area (Å²) in [6.45, 7) is 0. The molecule has 0 aliphatic carbocycles. The molecule has 0 unspecified atom stereocenters. The molecule has 0 aromatic heterocycles. The number of hydrogen-bond donors (Lipinski definition) is 3. The van der Waals surface area contributed by atoms with Crippen molar-refractivity contribution in [3.8, 4) is 0 Å². The number of hydrogen-bond acceptors (Lipinski definition) is 6. The Balaban J connectivity index is 0.000000166. The maximum atomic E-state index is 7.17. The summed E-state index contributed by atoms with van der Waals surface area (Å²) in [5, 5.41) is 21.5. The van der Waals surface area contributed by atoms with E-state index in [4.69, 9.17) is 15.1 Å². The maximum Gasteiger partial charge on any atom is 0.631 e. The summed E-state index contributed by atoms with van der Waals surface area (Å²) < 4.78 is 0. The average molecular weight is 621 g/mol. The highest BCUT2D eigenvalue weighted by Gasteiger charge is 1.95. The van der Waals surface area contributed by atoms with Crippen LogP contribution in [0.2, 0.25) is 0 Å². The first-order valence-corrected chi connectivity index (χ1v) is 15.9. The van der Waals surface area contributed by atoms with Crippen molar-refractivity contribution in [2.75, 3.05) is 0 Å². The van der Waals surface area contributed by atoms with Gasteiger partial charge in [-0.3, -0.25) is 0 Å². The summed E-state index contributed by atoms with van der Waals surface area (Å²) >= 11 is 5.36. The summed E-state index contributed by atoms with van der Waals surface area (Å²) in [6, 6.07) is 62.4. The van der Waals surface area contributed by atoms with Gasteiger partial charge >= 0.3 is 7.32 Å². The highest BCUT2D eigenvalue weighted by Crippen LogP contribution is 2.28. The van der Waals surface area contributed by atoms with Gasteiger partial charge in [0.15, 0.2) is 0 Å². The summed E-state index contributed by atoms with van der Waals surface area (Å²) in [5.41, 5.74) is 0. The van der Waals surface area contributed by atoms with Gasteiger partial charge in [0, 0.05) is 29.4 Å². The molecular formula is C36H33BO3S3. The molecule has 0 aliphatic rings. The van der Waals surface area contributed by atoms with Gasteiger partial charge in [-0.2, -0.15) is 0 Å². The van der Waals surface area contributed by atoms with Gasteiger partial charge in [0.05, 0.1) is 0 Å². The van der Waals surface area contributed by atoms with Crippen LogP contribution >= 0.6 is 35.3 Å². The van der Waals surface area contributed by atoms with Crippen LogP contribution in [0.4, 0.5) is 0 Å². The van der Waals surface area contributed by atoms with Crippen LogP contribution in [0.15, 0.2) is 211 Å². The first-order valence-electron chi connectivity index (χ1n) is 13.5. The van der Waals surface area contributed by atoms with Crippen molar-refractivity contribution >= 4 is 42.6 Å². The van der Waals surface area contributed by atoms with E-state index in [1.165, 1.54) is 29.4 Å². The van der Waals surface area contributed by atoms with Crippen molar-refractivity contribution in [3.05, 3.63) is 182 Å². The molecule has 0 saturated heterocycles. The molecule has 3 N–H and O–H groups in total. The van der Waals surface area contributed by atoms with Crippen LogP contribution in [-0.2, 0) is 0 Å². The van der Waals surface area contributed by atoms with E-state index in [1.807, 2.05) is 36.4 Å². The van der Waals surface area contributed by atoms with Gasteiger partial charge in [0.2, 0.25) is 0 Å². The van der Waals surface area contributed by atoms with E-state index in [2.05, 4.69) is 146 Å². The molecule has 0 saturated carbocycles. The van der Waals surface area contributed by atoms with Gasteiger partial charge < -0.3 is 15.1 Å². The van der Waals surface area contributed by atoms with Crippen molar-refractivity contribution < 1.29 is 15.1 Å². The molecule has 0 atom stereocenters. The lowest BCUT2D eigenvalue weighted by atomic mass is 10.3. The zero-order valence-electron chi connectivity index (χ0n) is 23.5. The molecule has 6 aromatic carbocycles. The van der Waals surface area contributed by atoms with Crippen LogP contribution in [0.3, 0.4) is 0 Å². The molecule has 0 fully saturated rings. The third kappa shape index (κ3) is 15.9. The van der Waals surface area contributed by atoms with Crippen molar-refractivity contribution in [1.29, 1.82) is 0 Å². The van der Waals surface area contributed by atoms with E-state index in [0.29, 0.717) is 0 Å². The Labute approximate surface area is 267 Å². The minimum absolute atomic E-state index is 1.29. The zero-order chi connectivity index (χ0) is 30.4. The number of benzene rings is 6. The monoisotopic (exact) mass is 620 g/mol. The lowest BCUT2D eigenvalue weighted by molar-refractivity contribution is 0.278. The van der Waals surface area contributed by atoms with Crippen LogP contribution in [0, 0.1) is 0 Å². The SMILES string of the molecule is OB(O)O.c1ccc(Sc2ccccc2)cc1.c1ccc(Sc2ccccc2)cc1.c1ccc(Sc2ccccc2)cc1. The van der Waals surface area contributed by atoms with E-state index < -0.39 is 7.32 Å². The van der Waals surface area contributed by atoms with Crippen LogP contribution < -0.4 is 0 Å². The zero-order valence-corrected chi connectivity index (χ0v) is 25.9. The second kappa shape index (κ2) is 21.1. The quantitative estimate of drug-likeness (QED) is 0.161. The smallest absolute Gasteiger partial charge is 0.402 e. The Bertz CT molecular complexity index is 1200. The first kappa shape index (κ1) is 33.8. The molecular weight excluding hydrogens is 587 g/mol. The molecule has 216 valence electrons. The molecule has 0 radical (unpaired) electrons. The van der Waals surface area contributed by atoms with E-state index in [1.54, 1.807) is 35.3 Å². The summed E-state index contributed by atoms with van der Waals surface area (Å²) in [7, 11) is -2.17.